The maximum absolute atomic E-state index is 13.1. The second-order valence-corrected chi connectivity index (χ2v) is 9.51. The van der Waals surface area contributed by atoms with Crippen LogP contribution in [0.1, 0.15) is 69.4 Å². The van der Waals surface area contributed by atoms with Crippen LogP contribution in [0.15, 0.2) is 48.5 Å². The van der Waals surface area contributed by atoms with E-state index in [1.807, 2.05) is 38.1 Å². The lowest BCUT2D eigenvalue weighted by molar-refractivity contribution is -0.157. The minimum atomic E-state index is -1.13. The van der Waals surface area contributed by atoms with E-state index >= 15 is 0 Å². The maximum atomic E-state index is 13.1. The second-order valence-electron chi connectivity index (χ2n) is 9.51. The third-order valence-electron chi connectivity index (χ3n) is 7.43. The summed E-state index contributed by atoms with van der Waals surface area (Å²) in [6, 6.07) is 15.9. The van der Waals surface area contributed by atoms with Gasteiger partial charge in [0.05, 0.1) is 0 Å². The van der Waals surface area contributed by atoms with Crippen molar-refractivity contribution in [1.82, 2.24) is 10.2 Å². The molecule has 2 aromatic rings. The van der Waals surface area contributed by atoms with E-state index in [4.69, 9.17) is 4.74 Å². The van der Waals surface area contributed by atoms with Gasteiger partial charge in [-0.25, -0.2) is 9.59 Å². The summed E-state index contributed by atoms with van der Waals surface area (Å²) >= 11 is 0. The standard InChI is InChI=1S/C28H34N2O5/c1-3-14-28(26(32)33)15-9-16-30(28)25(31)17-19(4-2)29-27(34)35-18-24-22-12-7-5-10-20(22)21-11-6-8-13-23(21)24/h5-8,10-13,19,24H,3-4,9,14-18H2,1-2H3,(H,29,34)(H,32,33)/t19-,28?/m0/s1. The summed E-state index contributed by atoms with van der Waals surface area (Å²) in [4.78, 5) is 39.4. The molecule has 7 nitrogen and oxygen atoms in total. The van der Waals surface area contributed by atoms with Crippen molar-refractivity contribution in [1.29, 1.82) is 0 Å². The Labute approximate surface area is 206 Å². The average molecular weight is 479 g/mol. The SMILES string of the molecule is CCCC1(C(=O)O)CCCN1C(=O)C[C@H](CC)NC(=O)OCC1c2ccccc2-c2ccccc21. The molecule has 35 heavy (non-hydrogen) atoms. The summed E-state index contributed by atoms with van der Waals surface area (Å²) in [5, 5.41) is 12.7. The van der Waals surface area contributed by atoms with Crippen LogP contribution in [-0.4, -0.2) is 52.7 Å². The number of hydrogen-bond acceptors (Lipinski definition) is 4. The van der Waals surface area contributed by atoms with Gasteiger partial charge in [0.2, 0.25) is 5.91 Å². The molecule has 1 saturated heterocycles. The van der Waals surface area contributed by atoms with Crippen LogP contribution in [0.3, 0.4) is 0 Å². The maximum Gasteiger partial charge on any atom is 0.407 e. The van der Waals surface area contributed by atoms with Crippen molar-refractivity contribution in [3.63, 3.8) is 0 Å². The number of nitrogens with zero attached hydrogens (tertiary/aromatic N) is 1. The molecule has 186 valence electrons. The largest absolute Gasteiger partial charge is 0.479 e. The Morgan fingerprint density at radius 2 is 1.71 bits per heavy atom. The second kappa shape index (κ2) is 10.5. The number of carboxylic acid groups (broad SMARTS) is 1. The van der Waals surface area contributed by atoms with Gasteiger partial charge in [-0.3, -0.25) is 4.79 Å². The van der Waals surface area contributed by atoms with Crippen molar-refractivity contribution in [3.8, 4) is 11.1 Å². The van der Waals surface area contributed by atoms with Gasteiger partial charge in [-0.05, 0) is 47.9 Å². The highest BCUT2D eigenvalue weighted by molar-refractivity contribution is 5.88. The Bertz CT molecular complexity index is 1050. The lowest BCUT2D eigenvalue weighted by Crippen LogP contribution is -2.54. The van der Waals surface area contributed by atoms with Gasteiger partial charge in [0, 0.05) is 24.9 Å². The van der Waals surface area contributed by atoms with Crippen LogP contribution in [0.4, 0.5) is 4.79 Å². The fourth-order valence-electron chi connectivity index (χ4n) is 5.67. The quantitative estimate of drug-likeness (QED) is 0.532. The number of amides is 2. The van der Waals surface area contributed by atoms with Crippen molar-refractivity contribution in [2.45, 2.75) is 69.9 Å². The Morgan fingerprint density at radius 1 is 1.09 bits per heavy atom. The number of likely N-dealkylation sites (tertiary alicyclic amines) is 1. The molecule has 2 aromatic carbocycles. The molecule has 2 N–H and O–H groups in total. The highest BCUT2D eigenvalue weighted by Gasteiger charge is 2.49. The number of aliphatic carboxylic acids is 1. The van der Waals surface area contributed by atoms with Gasteiger partial charge in [-0.1, -0.05) is 68.8 Å². The monoisotopic (exact) mass is 478 g/mol. The zero-order chi connectivity index (χ0) is 25.0. The molecule has 2 amide bonds. The van der Waals surface area contributed by atoms with E-state index in [-0.39, 0.29) is 24.9 Å². The number of carbonyl (C=O) groups excluding carboxylic acids is 2. The number of carbonyl (C=O) groups is 3. The summed E-state index contributed by atoms with van der Waals surface area (Å²) < 4.78 is 5.63. The molecule has 0 spiro atoms. The summed E-state index contributed by atoms with van der Waals surface area (Å²) in [5.74, 6) is -1.21. The molecule has 0 radical (unpaired) electrons. The van der Waals surface area contributed by atoms with Crippen molar-refractivity contribution < 1.29 is 24.2 Å². The topological polar surface area (TPSA) is 95.9 Å². The van der Waals surface area contributed by atoms with Crippen LogP contribution in [0.2, 0.25) is 0 Å². The number of nitrogens with one attached hydrogen (secondary N) is 1. The smallest absolute Gasteiger partial charge is 0.407 e. The van der Waals surface area contributed by atoms with Crippen LogP contribution < -0.4 is 5.32 Å². The number of alkyl carbamates (subject to hydrolysis) is 1. The van der Waals surface area contributed by atoms with Crippen molar-refractivity contribution >= 4 is 18.0 Å². The molecule has 7 heteroatoms. The van der Waals surface area contributed by atoms with E-state index in [1.165, 1.54) is 4.90 Å². The first-order chi connectivity index (χ1) is 16.9. The first-order valence-corrected chi connectivity index (χ1v) is 12.6. The zero-order valence-electron chi connectivity index (χ0n) is 20.5. The first kappa shape index (κ1) is 24.8. The number of carboxylic acids is 1. The van der Waals surface area contributed by atoms with Crippen LogP contribution >= 0.6 is 0 Å². The molecular weight excluding hydrogens is 444 g/mol. The Hall–Kier alpha value is -3.35. The van der Waals surface area contributed by atoms with Gasteiger partial charge in [-0.2, -0.15) is 0 Å². The highest BCUT2D eigenvalue weighted by atomic mass is 16.5. The molecule has 0 saturated carbocycles. The number of fused-ring (bicyclic) bond motifs is 3. The lowest BCUT2D eigenvalue weighted by atomic mass is 9.90. The van der Waals surface area contributed by atoms with E-state index in [0.29, 0.717) is 38.6 Å². The summed E-state index contributed by atoms with van der Waals surface area (Å²) in [6.45, 7) is 4.46. The third kappa shape index (κ3) is 4.77. The molecule has 1 aliphatic heterocycles. The minimum absolute atomic E-state index is 0.0373. The van der Waals surface area contributed by atoms with Crippen molar-refractivity contribution in [2.75, 3.05) is 13.2 Å². The van der Waals surface area contributed by atoms with Crippen LogP contribution in [0, 0.1) is 0 Å². The Balaban J connectivity index is 1.37. The van der Waals surface area contributed by atoms with Gasteiger partial charge < -0.3 is 20.1 Å². The molecule has 4 rings (SSSR count). The number of ether oxygens (including phenoxy) is 1. The van der Waals surface area contributed by atoms with Crippen LogP contribution in [0.5, 0.6) is 0 Å². The summed E-state index contributed by atoms with van der Waals surface area (Å²) in [7, 11) is 0. The zero-order valence-corrected chi connectivity index (χ0v) is 20.5. The molecule has 1 aliphatic carbocycles. The number of benzene rings is 2. The van der Waals surface area contributed by atoms with Gasteiger partial charge in [0.25, 0.3) is 0 Å². The van der Waals surface area contributed by atoms with E-state index in [0.717, 1.165) is 22.3 Å². The van der Waals surface area contributed by atoms with E-state index in [1.54, 1.807) is 0 Å². The Kier molecular flexibility index (Phi) is 7.43. The molecule has 2 atom stereocenters. The Morgan fingerprint density at radius 3 is 2.29 bits per heavy atom. The minimum Gasteiger partial charge on any atom is -0.479 e. The average Bonchev–Trinajstić information content (AvgIpc) is 3.43. The van der Waals surface area contributed by atoms with Crippen molar-refractivity contribution in [2.24, 2.45) is 0 Å². The fraction of sp³-hybridized carbons (Fsp3) is 0.464. The normalized spacial score (nSPS) is 19.7. The first-order valence-electron chi connectivity index (χ1n) is 12.6. The van der Waals surface area contributed by atoms with Gasteiger partial charge in [0.1, 0.15) is 12.1 Å². The fourth-order valence-corrected chi connectivity index (χ4v) is 5.67. The molecule has 1 heterocycles. The predicted octanol–water partition coefficient (Wildman–Crippen LogP) is 4.94. The van der Waals surface area contributed by atoms with Crippen molar-refractivity contribution in [3.05, 3.63) is 59.7 Å². The number of rotatable bonds is 9. The van der Waals surface area contributed by atoms with E-state index in [2.05, 4.69) is 29.6 Å². The highest BCUT2D eigenvalue weighted by Crippen LogP contribution is 2.44. The summed E-state index contributed by atoms with van der Waals surface area (Å²) in [5.41, 5.74) is 3.47. The van der Waals surface area contributed by atoms with Gasteiger partial charge in [0.15, 0.2) is 0 Å². The molecule has 0 bridgehead atoms. The lowest BCUT2D eigenvalue weighted by Gasteiger charge is -2.35. The molecule has 0 aromatic heterocycles. The van der Waals surface area contributed by atoms with Crippen LogP contribution in [-0.2, 0) is 14.3 Å². The third-order valence-corrected chi connectivity index (χ3v) is 7.43. The van der Waals surface area contributed by atoms with E-state index in [9.17, 15) is 19.5 Å². The van der Waals surface area contributed by atoms with E-state index < -0.39 is 23.6 Å². The molecular formula is C28H34N2O5. The molecule has 2 aliphatic rings. The molecule has 1 unspecified atom stereocenters. The predicted molar refractivity (Wildman–Crippen MR) is 133 cm³/mol. The number of hydrogen-bond donors (Lipinski definition) is 2. The summed E-state index contributed by atoms with van der Waals surface area (Å²) in [6.07, 6.45) is 2.30. The molecule has 1 fully saturated rings. The van der Waals surface area contributed by atoms with Gasteiger partial charge in [-0.15, -0.1) is 0 Å². The van der Waals surface area contributed by atoms with Crippen LogP contribution in [0.25, 0.3) is 11.1 Å². The van der Waals surface area contributed by atoms with Gasteiger partial charge >= 0.3 is 12.1 Å².